The summed E-state index contributed by atoms with van der Waals surface area (Å²) in [6, 6.07) is 21.8. The number of hydrogen-bond acceptors (Lipinski definition) is 5. The number of rotatable bonds is 6. The van der Waals surface area contributed by atoms with Crippen molar-refractivity contribution >= 4 is 45.7 Å². The molecule has 0 unspecified atom stereocenters. The summed E-state index contributed by atoms with van der Waals surface area (Å²) in [5.41, 5.74) is 1.90. The monoisotopic (exact) mass is 472 g/mol. The van der Waals surface area contributed by atoms with E-state index in [1.54, 1.807) is 11.0 Å². The van der Waals surface area contributed by atoms with Crippen LogP contribution in [0.2, 0.25) is 0 Å². The van der Waals surface area contributed by atoms with Crippen molar-refractivity contribution in [1.29, 1.82) is 0 Å². The van der Waals surface area contributed by atoms with Crippen LogP contribution in [0.1, 0.15) is 24.0 Å². The van der Waals surface area contributed by atoms with Crippen LogP contribution in [0.5, 0.6) is 5.75 Å². The van der Waals surface area contributed by atoms with Gasteiger partial charge in [-0.2, -0.15) is 0 Å². The van der Waals surface area contributed by atoms with E-state index in [-0.39, 0.29) is 12.5 Å². The number of imide groups is 1. The number of amides is 3. The van der Waals surface area contributed by atoms with Crippen LogP contribution in [0, 0.1) is 0 Å². The molecular weight excluding hydrogens is 448 g/mol. The van der Waals surface area contributed by atoms with Gasteiger partial charge in [0.25, 0.3) is 11.1 Å². The van der Waals surface area contributed by atoms with Crippen LogP contribution < -0.4 is 4.74 Å². The lowest BCUT2D eigenvalue weighted by Crippen LogP contribution is -2.40. The fourth-order valence-corrected chi connectivity index (χ4v) is 5.07. The summed E-state index contributed by atoms with van der Waals surface area (Å²) in [6.07, 6.45) is 3.62. The van der Waals surface area contributed by atoms with Gasteiger partial charge in [-0.1, -0.05) is 54.6 Å². The quantitative estimate of drug-likeness (QED) is 0.468. The minimum Gasteiger partial charge on any atom is -0.489 e. The molecule has 2 aliphatic rings. The van der Waals surface area contributed by atoms with Crippen LogP contribution in [0.25, 0.3) is 16.8 Å². The predicted molar refractivity (Wildman–Crippen MR) is 133 cm³/mol. The Hall–Kier alpha value is -3.58. The highest BCUT2D eigenvalue weighted by molar-refractivity contribution is 8.18. The van der Waals surface area contributed by atoms with Gasteiger partial charge in [0.1, 0.15) is 18.9 Å². The zero-order valence-corrected chi connectivity index (χ0v) is 19.4. The van der Waals surface area contributed by atoms with Crippen molar-refractivity contribution in [2.24, 2.45) is 0 Å². The van der Waals surface area contributed by atoms with Gasteiger partial charge in [0.2, 0.25) is 5.91 Å². The lowest BCUT2D eigenvalue weighted by atomic mass is 10.1. The van der Waals surface area contributed by atoms with Crippen LogP contribution >= 0.6 is 11.8 Å². The third-order valence-electron chi connectivity index (χ3n) is 6.08. The molecular formula is C27H24N2O4S. The summed E-state index contributed by atoms with van der Waals surface area (Å²) in [7, 11) is 0. The molecule has 0 radical (unpaired) electrons. The number of likely N-dealkylation sites (tertiary alicyclic amines) is 1. The third-order valence-corrected chi connectivity index (χ3v) is 6.99. The van der Waals surface area contributed by atoms with E-state index in [9.17, 15) is 14.4 Å². The van der Waals surface area contributed by atoms with Gasteiger partial charge in [0.05, 0.1) is 4.91 Å². The summed E-state index contributed by atoms with van der Waals surface area (Å²) < 4.78 is 5.98. The Labute approximate surface area is 202 Å². The molecule has 0 saturated carbocycles. The molecule has 0 atom stereocenters. The molecule has 172 valence electrons. The van der Waals surface area contributed by atoms with E-state index in [2.05, 4.69) is 24.3 Å². The minimum atomic E-state index is -0.418. The number of carbonyl (C=O) groups excluding carboxylic acids is 3. The SMILES string of the molecule is O=C(CN1C(=O)S/C(=C/c2ccc(OCc3cccc4ccccc34)cc2)C1=O)N1CCCC1. The molecule has 3 aromatic rings. The molecule has 7 heteroatoms. The molecule has 2 fully saturated rings. The van der Waals surface area contributed by atoms with E-state index in [4.69, 9.17) is 4.74 Å². The lowest BCUT2D eigenvalue weighted by molar-refractivity contribution is -0.135. The molecule has 3 aromatic carbocycles. The number of thioether (sulfide) groups is 1. The highest BCUT2D eigenvalue weighted by Crippen LogP contribution is 2.32. The Balaban J connectivity index is 1.23. The molecule has 5 rings (SSSR count). The van der Waals surface area contributed by atoms with Crippen molar-refractivity contribution in [1.82, 2.24) is 9.80 Å². The molecule has 0 aliphatic carbocycles. The summed E-state index contributed by atoms with van der Waals surface area (Å²) in [6.45, 7) is 1.65. The van der Waals surface area contributed by atoms with Crippen LogP contribution in [-0.2, 0) is 16.2 Å². The maximum Gasteiger partial charge on any atom is 0.294 e. The first-order chi connectivity index (χ1) is 16.6. The van der Waals surface area contributed by atoms with Crippen molar-refractivity contribution in [3.8, 4) is 5.75 Å². The minimum absolute atomic E-state index is 0.172. The first-order valence-electron chi connectivity index (χ1n) is 11.3. The van der Waals surface area contributed by atoms with Gasteiger partial charge in [-0.3, -0.25) is 19.3 Å². The first-order valence-corrected chi connectivity index (χ1v) is 12.1. The zero-order chi connectivity index (χ0) is 23.5. The number of benzene rings is 3. The second-order valence-corrected chi connectivity index (χ2v) is 9.34. The first kappa shape index (κ1) is 22.2. The number of fused-ring (bicyclic) bond motifs is 1. The van der Waals surface area contributed by atoms with Gasteiger partial charge in [0.15, 0.2) is 0 Å². The third kappa shape index (κ3) is 4.70. The van der Waals surface area contributed by atoms with E-state index in [0.29, 0.717) is 24.6 Å². The van der Waals surface area contributed by atoms with E-state index < -0.39 is 11.1 Å². The number of carbonyl (C=O) groups is 3. The Morgan fingerprint density at radius 2 is 1.68 bits per heavy atom. The molecule has 0 bridgehead atoms. The Morgan fingerprint density at radius 3 is 2.47 bits per heavy atom. The Bertz CT molecular complexity index is 1270. The van der Waals surface area contributed by atoms with E-state index in [0.717, 1.165) is 46.4 Å². The Kier molecular flexibility index (Phi) is 6.36. The molecule has 2 heterocycles. The summed E-state index contributed by atoms with van der Waals surface area (Å²) >= 11 is 0.871. The molecule has 0 aromatic heterocycles. The number of hydrogen-bond donors (Lipinski definition) is 0. The number of ether oxygens (including phenoxy) is 1. The average molecular weight is 473 g/mol. The van der Waals surface area contributed by atoms with Crippen molar-refractivity contribution in [2.75, 3.05) is 19.6 Å². The Morgan fingerprint density at radius 1 is 0.941 bits per heavy atom. The van der Waals surface area contributed by atoms with Gasteiger partial charge in [0, 0.05) is 13.1 Å². The second kappa shape index (κ2) is 9.73. The molecule has 0 spiro atoms. The summed E-state index contributed by atoms with van der Waals surface area (Å²) in [5.74, 6) is 0.127. The van der Waals surface area contributed by atoms with Crippen molar-refractivity contribution in [2.45, 2.75) is 19.4 Å². The number of nitrogens with zero attached hydrogens (tertiary/aromatic N) is 2. The van der Waals surface area contributed by atoms with Gasteiger partial charge in [-0.15, -0.1) is 0 Å². The van der Waals surface area contributed by atoms with Crippen molar-refractivity contribution in [3.05, 3.63) is 82.8 Å². The van der Waals surface area contributed by atoms with E-state index in [1.165, 1.54) is 10.8 Å². The molecule has 2 aliphatic heterocycles. The van der Waals surface area contributed by atoms with E-state index in [1.807, 2.05) is 42.5 Å². The van der Waals surface area contributed by atoms with Gasteiger partial charge < -0.3 is 9.64 Å². The standard InChI is InChI=1S/C27H24N2O4S/c30-25(28-14-3-4-15-28)17-29-26(31)24(34-27(29)32)16-19-10-12-22(13-11-19)33-18-21-8-5-7-20-6-1-2-9-23(20)21/h1-2,5-13,16H,3-4,14-15,17-18H2/b24-16+. The summed E-state index contributed by atoms with van der Waals surface area (Å²) in [5, 5.41) is 1.94. The lowest BCUT2D eigenvalue weighted by Gasteiger charge is -2.18. The van der Waals surface area contributed by atoms with E-state index >= 15 is 0 Å². The van der Waals surface area contributed by atoms with Crippen LogP contribution in [-0.4, -0.2) is 46.5 Å². The largest absolute Gasteiger partial charge is 0.489 e. The van der Waals surface area contributed by atoms with Crippen LogP contribution in [0.3, 0.4) is 0 Å². The highest BCUT2D eigenvalue weighted by Gasteiger charge is 2.37. The topological polar surface area (TPSA) is 66.9 Å². The summed E-state index contributed by atoms with van der Waals surface area (Å²) in [4.78, 5) is 40.5. The zero-order valence-electron chi connectivity index (χ0n) is 18.6. The van der Waals surface area contributed by atoms with Crippen molar-refractivity contribution < 1.29 is 19.1 Å². The van der Waals surface area contributed by atoms with Gasteiger partial charge in [-0.05, 0) is 64.7 Å². The van der Waals surface area contributed by atoms with Gasteiger partial charge >= 0.3 is 0 Å². The average Bonchev–Trinajstić information content (AvgIpc) is 3.49. The molecule has 6 nitrogen and oxygen atoms in total. The maximum atomic E-state index is 12.7. The molecule has 34 heavy (non-hydrogen) atoms. The smallest absolute Gasteiger partial charge is 0.294 e. The van der Waals surface area contributed by atoms with Crippen LogP contribution in [0.4, 0.5) is 4.79 Å². The predicted octanol–water partition coefficient (Wildman–Crippen LogP) is 5.08. The normalized spacial score (nSPS) is 17.2. The van der Waals surface area contributed by atoms with Gasteiger partial charge in [-0.25, -0.2) is 0 Å². The van der Waals surface area contributed by atoms with Crippen LogP contribution in [0.15, 0.2) is 71.6 Å². The second-order valence-electron chi connectivity index (χ2n) is 8.35. The fraction of sp³-hybridized carbons (Fsp3) is 0.222. The molecule has 2 saturated heterocycles. The maximum absolute atomic E-state index is 12.7. The van der Waals surface area contributed by atoms with Crippen molar-refractivity contribution in [3.63, 3.8) is 0 Å². The fourth-order valence-electron chi connectivity index (χ4n) is 4.23. The molecule has 3 amide bonds. The highest BCUT2D eigenvalue weighted by atomic mass is 32.2. The molecule has 0 N–H and O–H groups in total.